The third kappa shape index (κ3) is 1.10. The Morgan fingerprint density at radius 2 is 2.30 bits per heavy atom. The van der Waals surface area contributed by atoms with Gasteiger partial charge in [0, 0.05) is 0 Å². The van der Waals surface area contributed by atoms with Crippen LogP contribution >= 0.6 is 0 Å². The Bertz CT molecular complexity index is 138. The first kappa shape index (κ1) is 7.80. The summed E-state index contributed by atoms with van der Waals surface area (Å²) in [6.07, 6.45) is 3.98. The van der Waals surface area contributed by atoms with Crippen LogP contribution in [0.5, 0.6) is 0 Å². The van der Waals surface area contributed by atoms with Crippen molar-refractivity contribution in [3.8, 4) is 0 Å². The van der Waals surface area contributed by atoms with Crippen molar-refractivity contribution >= 4 is 0 Å². The second-order valence-corrected chi connectivity index (χ2v) is 3.58. The molecule has 1 aliphatic carbocycles. The van der Waals surface area contributed by atoms with Gasteiger partial charge in [0.15, 0.2) is 0 Å². The fourth-order valence-corrected chi connectivity index (χ4v) is 1.72. The standard InChI is InChI=1S/C9H16O/c1-4-8-5-6-9(3,10)7(8)2/h4,7-8,10H,1,5-6H2,2-3H3/t7-,8-,9+/m0/s1. The first-order chi connectivity index (χ1) is 4.58. The van der Waals surface area contributed by atoms with Gasteiger partial charge in [-0.2, -0.15) is 0 Å². The molecule has 0 saturated heterocycles. The van der Waals surface area contributed by atoms with Crippen LogP contribution in [0.3, 0.4) is 0 Å². The smallest absolute Gasteiger partial charge is 0.0651 e. The van der Waals surface area contributed by atoms with Gasteiger partial charge in [0.1, 0.15) is 0 Å². The van der Waals surface area contributed by atoms with Gasteiger partial charge >= 0.3 is 0 Å². The average molecular weight is 140 g/mol. The predicted octanol–water partition coefficient (Wildman–Crippen LogP) is 1.97. The van der Waals surface area contributed by atoms with Crippen LogP contribution in [0.2, 0.25) is 0 Å². The molecule has 58 valence electrons. The van der Waals surface area contributed by atoms with E-state index in [9.17, 15) is 5.11 Å². The molecule has 0 amide bonds. The van der Waals surface area contributed by atoms with Gasteiger partial charge in [0.25, 0.3) is 0 Å². The van der Waals surface area contributed by atoms with E-state index in [4.69, 9.17) is 0 Å². The summed E-state index contributed by atoms with van der Waals surface area (Å²) in [4.78, 5) is 0. The fourth-order valence-electron chi connectivity index (χ4n) is 1.72. The van der Waals surface area contributed by atoms with Gasteiger partial charge < -0.3 is 5.11 Å². The molecule has 1 nitrogen and oxygen atoms in total. The minimum absolute atomic E-state index is 0.380. The minimum atomic E-state index is -0.446. The summed E-state index contributed by atoms with van der Waals surface area (Å²) >= 11 is 0. The molecule has 0 aromatic rings. The lowest BCUT2D eigenvalue weighted by Crippen LogP contribution is -2.28. The highest BCUT2D eigenvalue weighted by molar-refractivity contribution is 4.98. The van der Waals surface area contributed by atoms with E-state index in [-0.39, 0.29) is 0 Å². The van der Waals surface area contributed by atoms with E-state index in [2.05, 4.69) is 13.5 Å². The molecule has 0 radical (unpaired) electrons. The van der Waals surface area contributed by atoms with Crippen molar-refractivity contribution in [3.63, 3.8) is 0 Å². The van der Waals surface area contributed by atoms with Gasteiger partial charge in [-0.3, -0.25) is 0 Å². The molecule has 3 atom stereocenters. The van der Waals surface area contributed by atoms with E-state index < -0.39 is 5.60 Å². The third-order valence-corrected chi connectivity index (χ3v) is 2.91. The van der Waals surface area contributed by atoms with Crippen molar-refractivity contribution in [2.24, 2.45) is 11.8 Å². The molecular weight excluding hydrogens is 124 g/mol. The molecule has 0 spiro atoms. The summed E-state index contributed by atoms with van der Waals surface area (Å²) in [6, 6.07) is 0. The van der Waals surface area contributed by atoms with E-state index in [0.29, 0.717) is 11.8 Å². The van der Waals surface area contributed by atoms with Crippen LogP contribution in [0.25, 0.3) is 0 Å². The maximum absolute atomic E-state index is 9.72. The van der Waals surface area contributed by atoms with E-state index in [1.165, 1.54) is 0 Å². The lowest BCUT2D eigenvalue weighted by molar-refractivity contribution is 0.0226. The van der Waals surface area contributed by atoms with Gasteiger partial charge in [-0.15, -0.1) is 6.58 Å². The highest BCUT2D eigenvalue weighted by Gasteiger charge is 2.38. The number of hydrogen-bond acceptors (Lipinski definition) is 1. The van der Waals surface area contributed by atoms with Crippen LogP contribution in [0.15, 0.2) is 12.7 Å². The third-order valence-electron chi connectivity index (χ3n) is 2.91. The Balaban J connectivity index is 2.66. The van der Waals surface area contributed by atoms with E-state index in [1.54, 1.807) is 0 Å². The zero-order valence-corrected chi connectivity index (χ0v) is 6.80. The van der Waals surface area contributed by atoms with Gasteiger partial charge in [-0.25, -0.2) is 0 Å². The summed E-state index contributed by atoms with van der Waals surface area (Å²) in [5.74, 6) is 0.903. The molecule has 1 rings (SSSR count). The Labute approximate surface area is 62.8 Å². The molecule has 1 aliphatic rings. The molecule has 1 N–H and O–H groups in total. The van der Waals surface area contributed by atoms with Gasteiger partial charge in [0.05, 0.1) is 5.60 Å². The first-order valence-electron chi connectivity index (χ1n) is 3.93. The van der Waals surface area contributed by atoms with Crippen molar-refractivity contribution < 1.29 is 5.11 Å². The van der Waals surface area contributed by atoms with Gasteiger partial charge in [0.2, 0.25) is 0 Å². The molecule has 0 aliphatic heterocycles. The maximum atomic E-state index is 9.72. The fraction of sp³-hybridized carbons (Fsp3) is 0.778. The minimum Gasteiger partial charge on any atom is -0.390 e. The molecule has 0 heterocycles. The van der Waals surface area contributed by atoms with Crippen molar-refractivity contribution in [3.05, 3.63) is 12.7 Å². The average Bonchev–Trinajstić information content (AvgIpc) is 2.10. The Hall–Kier alpha value is -0.300. The SMILES string of the molecule is C=C[C@H]1CC[C@@](C)(O)[C@H]1C. The monoisotopic (exact) mass is 140 g/mol. The Kier molecular flexibility index (Phi) is 1.86. The molecule has 0 aromatic carbocycles. The summed E-state index contributed by atoms with van der Waals surface area (Å²) in [7, 11) is 0. The van der Waals surface area contributed by atoms with Crippen LogP contribution < -0.4 is 0 Å². The van der Waals surface area contributed by atoms with E-state index in [1.807, 2.05) is 13.0 Å². The lowest BCUT2D eigenvalue weighted by Gasteiger charge is -2.23. The van der Waals surface area contributed by atoms with Crippen molar-refractivity contribution in [2.45, 2.75) is 32.3 Å². The van der Waals surface area contributed by atoms with Crippen LogP contribution in [0.1, 0.15) is 26.7 Å². The quantitative estimate of drug-likeness (QED) is 0.552. The van der Waals surface area contributed by atoms with E-state index >= 15 is 0 Å². The van der Waals surface area contributed by atoms with Crippen molar-refractivity contribution in [1.82, 2.24) is 0 Å². The van der Waals surface area contributed by atoms with E-state index in [0.717, 1.165) is 12.8 Å². The molecular formula is C9H16O. The van der Waals surface area contributed by atoms with Crippen LogP contribution in [0.4, 0.5) is 0 Å². The first-order valence-corrected chi connectivity index (χ1v) is 3.93. The molecule has 0 aromatic heterocycles. The van der Waals surface area contributed by atoms with Gasteiger partial charge in [-0.05, 0) is 31.6 Å². The topological polar surface area (TPSA) is 20.2 Å². The highest BCUT2D eigenvalue weighted by Crippen LogP contribution is 2.39. The summed E-state index contributed by atoms with van der Waals surface area (Å²) in [6.45, 7) is 7.76. The van der Waals surface area contributed by atoms with Crippen LogP contribution in [-0.4, -0.2) is 10.7 Å². The maximum Gasteiger partial charge on any atom is 0.0651 e. The molecule has 10 heavy (non-hydrogen) atoms. The normalized spacial score (nSPS) is 47.5. The molecule has 0 unspecified atom stereocenters. The molecule has 1 fully saturated rings. The summed E-state index contributed by atoms with van der Waals surface area (Å²) in [5, 5.41) is 9.72. The summed E-state index contributed by atoms with van der Waals surface area (Å²) in [5.41, 5.74) is -0.446. The zero-order valence-electron chi connectivity index (χ0n) is 6.80. The number of allylic oxidation sites excluding steroid dienone is 1. The lowest BCUT2D eigenvalue weighted by atomic mass is 9.89. The second kappa shape index (κ2) is 2.39. The largest absolute Gasteiger partial charge is 0.390 e. The number of rotatable bonds is 1. The number of aliphatic hydroxyl groups is 1. The molecule has 1 heteroatoms. The summed E-state index contributed by atoms with van der Waals surface area (Å²) < 4.78 is 0. The van der Waals surface area contributed by atoms with Crippen LogP contribution in [-0.2, 0) is 0 Å². The predicted molar refractivity (Wildman–Crippen MR) is 42.7 cm³/mol. The van der Waals surface area contributed by atoms with Crippen molar-refractivity contribution in [2.75, 3.05) is 0 Å². The zero-order chi connectivity index (χ0) is 7.78. The molecule has 1 saturated carbocycles. The van der Waals surface area contributed by atoms with Gasteiger partial charge in [-0.1, -0.05) is 13.0 Å². The van der Waals surface area contributed by atoms with Crippen LogP contribution in [0, 0.1) is 11.8 Å². The Morgan fingerprint density at radius 3 is 2.50 bits per heavy atom. The Morgan fingerprint density at radius 1 is 1.70 bits per heavy atom. The van der Waals surface area contributed by atoms with Crippen molar-refractivity contribution in [1.29, 1.82) is 0 Å². The molecule has 0 bridgehead atoms. The highest BCUT2D eigenvalue weighted by atomic mass is 16.3. The number of hydrogen-bond donors (Lipinski definition) is 1. The second-order valence-electron chi connectivity index (χ2n) is 3.58.